The Morgan fingerprint density at radius 2 is 0.862 bits per heavy atom. The zero-order chi connectivity index (χ0) is 43.5. The summed E-state index contributed by atoms with van der Waals surface area (Å²) in [6, 6.07) is 65.8. The Balaban J connectivity index is 0.000000132. The van der Waals surface area contributed by atoms with Crippen molar-refractivity contribution in [1.29, 1.82) is 0 Å². The summed E-state index contributed by atoms with van der Waals surface area (Å²) in [7, 11) is 0. The van der Waals surface area contributed by atoms with Gasteiger partial charge in [-0.05, 0) is 51.2 Å². The molecule has 1 aliphatic rings. The Labute approximate surface area is 394 Å². The Morgan fingerprint density at radius 3 is 1.34 bits per heavy atom. The van der Waals surface area contributed by atoms with E-state index in [2.05, 4.69) is 162 Å². The van der Waals surface area contributed by atoms with Crippen LogP contribution in [-0.4, -0.2) is 33.1 Å². The van der Waals surface area contributed by atoms with Crippen LogP contribution in [0.3, 0.4) is 0 Å². The molecular weight excluding hydrogens is 839 g/mol. The van der Waals surface area contributed by atoms with Crippen LogP contribution in [0.5, 0.6) is 0 Å². The van der Waals surface area contributed by atoms with Gasteiger partial charge in [0.15, 0.2) is 0 Å². The molecule has 1 fully saturated rings. The van der Waals surface area contributed by atoms with E-state index in [1.807, 2.05) is 42.6 Å². The first-order valence-corrected chi connectivity index (χ1v) is 22.1. The van der Waals surface area contributed by atoms with E-state index >= 15 is 0 Å². The maximum Gasteiger partial charge on any atom is 0.0979 e. The number of benzene rings is 10. The van der Waals surface area contributed by atoms with Gasteiger partial charge in [0.05, 0.1) is 34.0 Å². The van der Waals surface area contributed by atoms with Gasteiger partial charge in [-0.3, -0.25) is 15.0 Å². The summed E-state index contributed by atoms with van der Waals surface area (Å²) in [5, 5.41) is 14.5. The van der Waals surface area contributed by atoms with Crippen molar-refractivity contribution >= 4 is 86.7 Å². The monoisotopic (exact) mass is 879 g/mol. The van der Waals surface area contributed by atoms with Crippen LogP contribution in [0.25, 0.3) is 98.0 Å². The van der Waals surface area contributed by atoms with Crippen molar-refractivity contribution in [3.05, 3.63) is 207 Å². The fourth-order valence-corrected chi connectivity index (χ4v) is 8.27. The van der Waals surface area contributed by atoms with E-state index < -0.39 is 14.8 Å². The van der Waals surface area contributed by atoms with Gasteiger partial charge in [0.2, 0.25) is 0 Å². The minimum atomic E-state index is -1.44. The molecule has 0 unspecified atom stereocenters. The first-order valence-electron chi connectivity index (χ1n) is 21.1. The molecular formula is C56H41LiMnN4O3. The number of ether oxygens (including phenoxy) is 1. The Kier molecular flexibility index (Phi) is 14.9. The Bertz CT molecular complexity index is 3290. The van der Waals surface area contributed by atoms with E-state index in [1.165, 1.54) is 66.7 Å². The molecule has 1 saturated heterocycles. The summed E-state index contributed by atoms with van der Waals surface area (Å²) in [6.45, 7) is 2.00. The first-order chi connectivity index (χ1) is 31.7. The van der Waals surface area contributed by atoms with Crippen molar-refractivity contribution in [1.82, 2.24) is 19.9 Å². The molecule has 311 valence electrons. The van der Waals surface area contributed by atoms with Crippen molar-refractivity contribution in [2.45, 2.75) is 12.8 Å². The molecule has 0 spiro atoms. The topological polar surface area (TPSA) is 94.9 Å². The van der Waals surface area contributed by atoms with E-state index in [0.29, 0.717) is 0 Å². The normalized spacial score (nSPS) is 11.7. The molecule has 0 bridgehead atoms. The molecule has 2 aromatic heterocycles. The predicted octanol–water partition coefficient (Wildman–Crippen LogP) is 10.9. The van der Waals surface area contributed by atoms with Gasteiger partial charge >= 0.3 is 41.4 Å². The molecule has 0 aliphatic carbocycles. The molecule has 1 aliphatic heterocycles. The molecule has 0 saturated carbocycles. The minimum Gasteiger partial charge on any atom is -0.252 e. The maximum atomic E-state index is 8.41. The van der Waals surface area contributed by atoms with Crippen molar-refractivity contribution in [3.63, 3.8) is 0 Å². The average molecular weight is 880 g/mol. The zero-order valence-electron chi connectivity index (χ0n) is 35.8. The SMILES string of the molecule is C1CCOC1.[Li+].[O]=[Mn]=[O].[c-]1ccc2ccccc2c1.c1ccc2c(c1)c1ccccc1c1nccnc21.c1ccc2cc(-c3cnc4c5ccccc5c5ccccc5c4n3)ccc2c1. The third-order valence-corrected chi connectivity index (χ3v) is 11.2. The van der Waals surface area contributed by atoms with Gasteiger partial charge in [-0.1, -0.05) is 152 Å². The van der Waals surface area contributed by atoms with Crippen LogP contribution in [0.1, 0.15) is 12.8 Å². The van der Waals surface area contributed by atoms with Gasteiger partial charge < -0.3 is 4.74 Å². The summed E-state index contributed by atoms with van der Waals surface area (Å²) in [5.74, 6) is 0. The smallest absolute Gasteiger partial charge is 0.0979 e. The van der Waals surface area contributed by atoms with Gasteiger partial charge in [0.1, 0.15) is 0 Å². The van der Waals surface area contributed by atoms with Crippen molar-refractivity contribution in [3.8, 4) is 11.3 Å². The molecule has 0 amide bonds. The summed E-state index contributed by atoms with van der Waals surface area (Å²) in [6.07, 6.45) is 7.96. The van der Waals surface area contributed by atoms with Crippen LogP contribution in [0.2, 0.25) is 0 Å². The van der Waals surface area contributed by atoms with Gasteiger partial charge in [0, 0.05) is 52.7 Å². The second kappa shape index (κ2) is 21.7. The summed E-state index contributed by atoms with van der Waals surface area (Å²) in [5.41, 5.74) is 5.86. The number of fused-ring (bicyclic) bond motifs is 14. The molecule has 65 heavy (non-hydrogen) atoms. The van der Waals surface area contributed by atoms with E-state index in [9.17, 15) is 0 Å². The second-order valence-electron chi connectivity index (χ2n) is 15.1. The van der Waals surface area contributed by atoms with Gasteiger partial charge in [-0.25, -0.2) is 4.98 Å². The van der Waals surface area contributed by atoms with E-state index in [0.717, 1.165) is 57.3 Å². The van der Waals surface area contributed by atoms with E-state index in [-0.39, 0.29) is 18.9 Å². The molecule has 7 nitrogen and oxygen atoms in total. The predicted molar refractivity (Wildman–Crippen MR) is 256 cm³/mol. The summed E-state index contributed by atoms with van der Waals surface area (Å²) < 4.78 is 21.8. The third kappa shape index (κ3) is 9.94. The molecule has 12 aromatic rings. The fourth-order valence-electron chi connectivity index (χ4n) is 8.27. The molecule has 13 rings (SSSR count). The van der Waals surface area contributed by atoms with Crippen molar-refractivity contribution in [2.24, 2.45) is 0 Å². The fraction of sp³-hybridized carbons (Fsp3) is 0.0714. The van der Waals surface area contributed by atoms with E-state index in [4.69, 9.17) is 22.4 Å². The molecule has 10 aromatic carbocycles. The Hall–Kier alpha value is -6.88. The van der Waals surface area contributed by atoms with Crippen LogP contribution in [0, 0.1) is 6.07 Å². The molecule has 0 atom stereocenters. The van der Waals surface area contributed by atoms with Crippen molar-refractivity contribution < 1.29 is 46.1 Å². The average Bonchev–Trinajstić information content (AvgIpc) is 3.98. The number of hydrogen-bond acceptors (Lipinski definition) is 7. The third-order valence-electron chi connectivity index (χ3n) is 11.2. The molecule has 3 heterocycles. The zero-order valence-corrected chi connectivity index (χ0v) is 37.0. The van der Waals surface area contributed by atoms with Crippen LogP contribution in [-0.2, 0) is 27.2 Å². The molecule has 9 heteroatoms. The number of rotatable bonds is 1. The summed E-state index contributed by atoms with van der Waals surface area (Å²) in [4.78, 5) is 18.9. The Morgan fingerprint density at radius 1 is 0.446 bits per heavy atom. The quantitative estimate of drug-likeness (QED) is 0.0921. The number of aromatic nitrogens is 4. The number of nitrogens with zero attached hydrogens (tertiary/aromatic N) is 4. The van der Waals surface area contributed by atoms with Crippen molar-refractivity contribution in [2.75, 3.05) is 13.2 Å². The minimum absolute atomic E-state index is 0. The van der Waals surface area contributed by atoms with Crippen LogP contribution in [0.4, 0.5) is 0 Å². The molecule has 0 N–H and O–H groups in total. The first kappa shape index (κ1) is 44.7. The van der Waals surface area contributed by atoms with Gasteiger partial charge in [-0.15, -0.1) is 16.8 Å². The largest absolute Gasteiger partial charge is 0.252 e. The van der Waals surface area contributed by atoms with Crippen LogP contribution >= 0.6 is 0 Å². The number of hydrogen-bond donors (Lipinski definition) is 0. The van der Waals surface area contributed by atoms with Crippen LogP contribution in [0.15, 0.2) is 201 Å². The van der Waals surface area contributed by atoms with Gasteiger partial charge in [-0.2, -0.15) is 24.3 Å². The second-order valence-corrected chi connectivity index (χ2v) is 15.3. The maximum absolute atomic E-state index is 8.41. The van der Waals surface area contributed by atoms with Gasteiger partial charge in [0.25, 0.3) is 0 Å². The molecule has 0 radical (unpaired) electrons. The standard InChI is InChI=1S/C26H16N2.C16H10N2.C10H7.C4H8O.Li.Mn.2O/c1-2-8-18-15-19(14-13-17(18)7-1)24-16-27-25-22-11-5-3-9-20(22)21-10-4-6-12-23(21)26(25)28-24;1-3-7-13-11(5-1)12-6-2-4-8-14(12)16-15(13)17-9-10-18-16;1-2-6-10-8-4-3-7-9(10)5-1;1-2-4-5-3-1;;;;/h1-16H;1-10H;1-3,5-8H;1-4H2;;;;/q;;-1;;+1;;;. The van der Waals surface area contributed by atoms with Crippen LogP contribution < -0.4 is 18.9 Å². The summed E-state index contributed by atoms with van der Waals surface area (Å²) >= 11 is -1.44. The van der Waals surface area contributed by atoms with E-state index in [1.54, 1.807) is 12.4 Å².